The van der Waals surface area contributed by atoms with Gasteiger partial charge in [-0.25, -0.2) is 0 Å². The second kappa shape index (κ2) is 8.90. The highest BCUT2D eigenvalue weighted by Gasteiger charge is 2.27. The number of likely N-dealkylation sites (N-methyl/N-ethyl adjacent to an activating group) is 1. The van der Waals surface area contributed by atoms with Crippen LogP contribution in [0.25, 0.3) is 0 Å². The molecular formula is C14H30N2O. The Morgan fingerprint density at radius 3 is 2.76 bits per heavy atom. The molecule has 3 heteroatoms. The molecule has 0 heterocycles. The minimum absolute atomic E-state index is 0.756. The van der Waals surface area contributed by atoms with Crippen molar-refractivity contribution in [2.75, 3.05) is 39.9 Å². The number of ether oxygens (including phenoxy) is 1. The summed E-state index contributed by atoms with van der Waals surface area (Å²) in [5, 5.41) is 3.71. The summed E-state index contributed by atoms with van der Waals surface area (Å²) in [7, 11) is 1.79. The molecule has 17 heavy (non-hydrogen) atoms. The molecule has 3 nitrogen and oxygen atoms in total. The van der Waals surface area contributed by atoms with Gasteiger partial charge in [0.2, 0.25) is 0 Å². The van der Waals surface area contributed by atoms with E-state index in [9.17, 15) is 0 Å². The number of nitrogens with zero attached hydrogens (tertiary/aromatic N) is 1. The predicted molar refractivity (Wildman–Crippen MR) is 73.4 cm³/mol. The van der Waals surface area contributed by atoms with Crippen molar-refractivity contribution in [3.63, 3.8) is 0 Å². The highest BCUT2D eigenvalue weighted by atomic mass is 16.5. The molecule has 0 aliphatic heterocycles. The Morgan fingerprint density at radius 2 is 2.12 bits per heavy atom. The van der Waals surface area contributed by atoms with Crippen LogP contribution >= 0.6 is 0 Å². The summed E-state index contributed by atoms with van der Waals surface area (Å²) >= 11 is 0. The van der Waals surface area contributed by atoms with E-state index in [0.29, 0.717) is 0 Å². The number of hydrogen-bond acceptors (Lipinski definition) is 3. The fourth-order valence-corrected chi connectivity index (χ4v) is 2.78. The lowest BCUT2D eigenvalue weighted by molar-refractivity contribution is 0.136. The maximum absolute atomic E-state index is 5.17. The highest BCUT2D eigenvalue weighted by Crippen LogP contribution is 2.26. The molecule has 1 fully saturated rings. The van der Waals surface area contributed by atoms with Gasteiger partial charge in [-0.1, -0.05) is 20.3 Å². The van der Waals surface area contributed by atoms with Crippen molar-refractivity contribution < 1.29 is 4.74 Å². The fourth-order valence-electron chi connectivity index (χ4n) is 2.78. The Kier molecular flexibility index (Phi) is 7.82. The van der Waals surface area contributed by atoms with Crippen LogP contribution < -0.4 is 5.32 Å². The van der Waals surface area contributed by atoms with Crippen LogP contribution in [0.3, 0.4) is 0 Å². The lowest BCUT2D eigenvalue weighted by atomic mass is 10.0. The van der Waals surface area contributed by atoms with Crippen LogP contribution in [0.1, 0.15) is 39.5 Å². The lowest BCUT2D eigenvalue weighted by Gasteiger charge is -2.28. The van der Waals surface area contributed by atoms with Crippen LogP contribution in [-0.4, -0.2) is 50.8 Å². The van der Waals surface area contributed by atoms with Crippen molar-refractivity contribution in [3.05, 3.63) is 0 Å². The van der Waals surface area contributed by atoms with Gasteiger partial charge in [0.25, 0.3) is 0 Å². The average molecular weight is 242 g/mol. The quantitative estimate of drug-likeness (QED) is 0.670. The summed E-state index contributed by atoms with van der Waals surface area (Å²) < 4.78 is 5.17. The van der Waals surface area contributed by atoms with Crippen LogP contribution in [0.15, 0.2) is 0 Å². The first-order valence-corrected chi connectivity index (χ1v) is 7.26. The first-order valence-electron chi connectivity index (χ1n) is 7.26. The molecule has 1 rings (SSSR count). The van der Waals surface area contributed by atoms with Crippen LogP contribution in [-0.2, 0) is 4.74 Å². The molecule has 0 radical (unpaired) electrons. The standard InChI is InChI=1S/C14H30N2O/c1-4-9-15-14-8-6-7-13(14)12-16(5-2)10-11-17-3/h13-15H,4-12H2,1-3H3. The van der Waals surface area contributed by atoms with Crippen LogP contribution in [0.5, 0.6) is 0 Å². The van der Waals surface area contributed by atoms with Gasteiger partial charge in [0.1, 0.15) is 0 Å². The van der Waals surface area contributed by atoms with Gasteiger partial charge >= 0.3 is 0 Å². The van der Waals surface area contributed by atoms with Crippen molar-refractivity contribution in [2.45, 2.75) is 45.6 Å². The van der Waals surface area contributed by atoms with E-state index < -0.39 is 0 Å². The molecule has 1 N–H and O–H groups in total. The molecule has 1 saturated carbocycles. The number of hydrogen-bond donors (Lipinski definition) is 1. The summed E-state index contributed by atoms with van der Waals surface area (Å²) in [5.41, 5.74) is 0. The van der Waals surface area contributed by atoms with Crippen molar-refractivity contribution in [1.82, 2.24) is 10.2 Å². The predicted octanol–water partition coefficient (Wildman–Crippen LogP) is 2.12. The molecular weight excluding hydrogens is 212 g/mol. The molecule has 102 valence electrons. The fraction of sp³-hybridized carbons (Fsp3) is 1.00. The zero-order chi connectivity index (χ0) is 12.5. The van der Waals surface area contributed by atoms with Gasteiger partial charge in [-0.05, 0) is 38.3 Å². The van der Waals surface area contributed by atoms with E-state index in [4.69, 9.17) is 4.74 Å². The molecule has 2 atom stereocenters. The Morgan fingerprint density at radius 1 is 1.29 bits per heavy atom. The molecule has 0 aromatic carbocycles. The second-order valence-electron chi connectivity index (χ2n) is 5.14. The average Bonchev–Trinajstić information content (AvgIpc) is 2.79. The van der Waals surface area contributed by atoms with E-state index in [0.717, 1.165) is 31.7 Å². The van der Waals surface area contributed by atoms with E-state index in [1.807, 2.05) is 0 Å². The van der Waals surface area contributed by atoms with Gasteiger partial charge in [0.05, 0.1) is 6.61 Å². The van der Waals surface area contributed by atoms with Crippen LogP contribution in [0.4, 0.5) is 0 Å². The molecule has 0 spiro atoms. The Bertz CT molecular complexity index is 187. The van der Waals surface area contributed by atoms with Crippen LogP contribution in [0, 0.1) is 5.92 Å². The van der Waals surface area contributed by atoms with Crippen LogP contribution in [0.2, 0.25) is 0 Å². The van der Waals surface area contributed by atoms with Crippen molar-refractivity contribution in [1.29, 1.82) is 0 Å². The smallest absolute Gasteiger partial charge is 0.0589 e. The summed E-state index contributed by atoms with van der Waals surface area (Å²) in [6, 6.07) is 0.756. The maximum Gasteiger partial charge on any atom is 0.0589 e. The van der Waals surface area contributed by atoms with E-state index in [1.54, 1.807) is 7.11 Å². The minimum atomic E-state index is 0.756. The van der Waals surface area contributed by atoms with Crippen molar-refractivity contribution in [2.24, 2.45) is 5.92 Å². The SMILES string of the molecule is CCCNC1CCCC1CN(CC)CCOC. The van der Waals surface area contributed by atoms with Gasteiger partial charge in [-0.3, -0.25) is 0 Å². The third kappa shape index (κ3) is 5.36. The van der Waals surface area contributed by atoms with E-state index in [-0.39, 0.29) is 0 Å². The molecule has 1 aliphatic rings. The molecule has 0 saturated heterocycles. The first-order chi connectivity index (χ1) is 8.31. The number of nitrogens with one attached hydrogen (secondary N) is 1. The summed E-state index contributed by atoms with van der Waals surface area (Å²) in [5.74, 6) is 0.846. The van der Waals surface area contributed by atoms with Gasteiger partial charge in [-0.2, -0.15) is 0 Å². The summed E-state index contributed by atoms with van der Waals surface area (Å²) in [6.07, 6.45) is 5.40. The highest BCUT2D eigenvalue weighted by molar-refractivity contribution is 4.85. The number of rotatable bonds is 9. The number of methoxy groups -OCH3 is 1. The van der Waals surface area contributed by atoms with E-state index in [2.05, 4.69) is 24.1 Å². The van der Waals surface area contributed by atoms with Crippen molar-refractivity contribution >= 4 is 0 Å². The van der Waals surface area contributed by atoms with E-state index >= 15 is 0 Å². The zero-order valence-electron chi connectivity index (χ0n) is 11.9. The summed E-state index contributed by atoms with van der Waals surface area (Å²) in [6.45, 7) is 9.97. The van der Waals surface area contributed by atoms with Gasteiger partial charge in [-0.15, -0.1) is 0 Å². The third-order valence-corrected chi connectivity index (χ3v) is 3.87. The minimum Gasteiger partial charge on any atom is -0.383 e. The van der Waals surface area contributed by atoms with Crippen molar-refractivity contribution in [3.8, 4) is 0 Å². The molecule has 0 aromatic heterocycles. The van der Waals surface area contributed by atoms with Gasteiger partial charge < -0.3 is 15.0 Å². The molecule has 2 unspecified atom stereocenters. The molecule has 1 aliphatic carbocycles. The third-order valence-electron chi connectivity index (χ3n) is 3.87. The Hall–Kier alpha value is -0.120. The lowest BCUT2D eigenvalue weighted by Crippen LogP contribution is -2.40. The largest absolute Gasteiger partial charge is 0.383 e. The maximum atomic E-state index is 5.17. The zero-order valence-corrected chi connectivity index (χ0v) is 11.9. The first kappa shape index (κ1) is 14.9. The monoisotopic (exact) mass is 242 g/mol. The Balaban J connectivity index is 2.31. The van der Waals surface area contributed by atoms with Gasteiger partial charge in [0, 0.05) is 26.2 Å². The van der Waals surface area contributed by atoms with E-state index in [1.165, 1.54) is 38.8 Å². The van der Waals surface area contributed by atoms with Gasteiger partial charge in [0.15, 0.2) is 0 Å². The molecule has 0 bridgehead atoms. The topological polar surface area (TPSA) is 24.5 Å². The molecule has 0 amide bonds. The second-order valence-corrected chi connectivity index (χ2v) is 5.14. The summed E-state index contributed by atoms with van der Waals surface area (Å²) in [4.78, 5) is 2.53. The Labute approximate surface area is 107 Å². The normalized spacial score (nSPS) is 24.7. The molecule has 0 aromatic rings.